The van der Waals surface area contributed by atoms with Crippen molar-refractivity contribution in [3.05, 3.63) is 35.4 Å². The fourth-order valence-corrected chi connectivity index (χ4v) is 3.91. The number of aryl methyl sites for hydroxylation is 2. The first-order chi connectivity index (χ1) is 12.0. The number of hydrogen-bond donors (Lipinski definition) is 1. The maximum Gasteiger partial charge on any atom is 0.309 e. The summed E-state index contributed by atoms with van der Waals surface area (Å²) < 4.78 is 0. The second kappa shape index (κ2) is 7.93. The van der Waals surface area contributed by atoms with E-state index in [-0.39, 0.29) is 5.41 Å². The van der Waals surface area contributed by atoms with E-state index >= 15 is 0 Å². The van der Waals surface area contributed by atoms with E-state index in [0.717, 1.165) is 38.5 Å². The van der Waals surface area contributed by atoms with Gasteiger partial charge in [0, 0.05) is 0 Å². The number of carboxylic acids is 1. The van der Waals surface area contributed by atoms with Crippen LogP contribution in [0, 0.1) is 10.8 Å². The molecule has 0 saturated heterocycles. The fourth-order valence-electron chi connectivity index (χ4n) is 3.91. The SMILES string of the molecule is CC1(CCCCc2ccc(CCCCCC3(C(=O)O)CC3)cc2)CC1. The highest BCUT2D eigenvalue weighted by Gasteiger charge is 2.49. The van der Waals surface area contributed by atoms with Crippen LogP contribution in [0.5, 0.6) is 0 Å². The molecule has 0 atom stereocenters. The molecule has 0 radical (unpaired) electrons. The zero-order chi connectivity index (χ0) is 17.8. The lowest BCUT2D eigenvalue weighted by Crippen LogP contribution is -2.14. The molecule has 2 heteroatoms. The summed E-state index contributed by atoms with van der Waals surface area (Å²) in [5.41, 5.74) is 3.27. The van der Waals surface area contributed by atoms with Gasteiger partial charge in [-0.25, -0.2) is 0 Å². The van der Waals surface area contributed by atoms with Crippen LogP contribution in [0.15, 0.2) is 24.3 Å². The number of aliphatic carboxylic acids is 1. The molecule has 2 fully saturated rings. The van der Waals surface area contributed by atoms with E-state index in [9.17, 15) is 9.90 Å². The van der Waals surface area contributed by atoms with E-state index in [1.807, 2.05) is 0 Å². The summed E-state index contributed by atoms with van der Waals surface area (Å²) in [6.45, 7) is 2.42. The Morgan fingerprint density at radius 2 is 1.36 bits per heavy atom. The molecule has 0 amide bonds. The van der Waals surface area contributed by atoms with Gasteiger partial charge in [0.2, 0.25) is 0 Å². The second-order valence-electron chi connectivity index (χ2n) is 8.98. The van der Waals surface area contributed by atoms with Gasteiger partial charge >= 0.3 is 5.97 Å². The predicted octanol–water partition coefficient (Wildman–Crippen LogP) is 6.17. The van der Waals surface area contributed by atoms with E-state index in [1.54, 1.807) is 0 Å². The number of hydrogen-bond acceptors (Lipinski definition) is 1. The second-order valence-corrected chi connectivity index (χ2v) is 8.98. The van der Waals surface area contributed by atoms with Crippen LogP contribution in [0.1, 0.15) is 88.7 Å². The van der Waals surface area contributed by atoms with Crippen LogP contribution in [-0.4, -0.2) is 11.1 Å². The van der Waals surface area contributed by atoms with Gasteiger partial charge in [0.25, 0.3) is 0 Å². The van der Waals surface area contributed by atoms with Crippen molar-refractivity contribution in [2.24, 2.45) is 10.8 Å². The van der Waals surface area contributed by atoms with Gasteiger partial charge in [0.05, 0.1) is 5.41 Å². The van der Waals surface area contributed by atoms with E-state index < -0.39 is 5.97 Å². The summed E-state index contributed by atoms with van der Waals surface area (Å²) in [5, 5.41) is 9.18. The van der Waals surface area contributed by atoms with Crippen LogP contribution in [0.25, 0.3) is 0 Å². The maximum absolute atomic E-state index is 11.1. The van der Waals surface area contributed by atoms with E-state index in [0.29, 0.717) is 5.41 Å². The minimum absolute atomic E-state index is 0.335. The normalized spacial score (nSPS) is 19.6. The van der Waals surface area contributed by atoms with Crippen LogP contribution in [0.4, 0.5) is 0 Å². The molecule has 2 aliphatic carbocycles. The smallest absolute Gasteiger partial charge is 0.309 e. The van der Waals surface area contributed by atoms with Crippen LogP contribution in [-0.2, 0) is 17.6 Å². The van der Waals surface area contributed by atoms with Gasteiger partial charge in [-0.1, -0.05) is 50.5 Å². The Bertz CT molecular complexity index is 564. The summed E-state index contributed by atoms with van der Waals surface area (Å²) in [7, 11) is 0. The maximum atomic E-state index is 11.1. The van der Waals surface area contributed by atoms with Gasteiger partial charge in [-0.3, -0.25) is 4.79 Å². The van der Waals surface area contributed by atoms with Gasteiger partial charge in [-0.05, 0) is 80.8 Å². The van der Waals surface area contributed by atoms with E-state index in [4.69, 9.17) is 0 Å². The van der Waals surface area contributed by atoms with Crippen LogP contribution in [0.3, 0.4) is 0 Å². The third kappa shape index (κ3) is 5.59. The zero-order valence-electron chi connectivity index (χ0n) is 15.9. The van der Waals surface area contributed by atoms with Crippen molar-refractivity contribution in [2.45, 2.75) is 90.4 Å². The number of rotatable bonds is 12. The average molecular weight is 343 g/mol. The molecule has 138 valence electrons. The highest BCUT2D eigenvalue weighted by atomic mass is 16.4. The average Bonchev–Trinajstić information content (AvgIpc) is 3.51. The standard InChI is InChI=1S/C23H34O2/c1-22(15-16-22)13-6-4-8-20-11-9-19(10-12-20)7-3-2-5-14-23(17-18-23)21(24)25/h9-12H,2-8,13-18H2,1H3,(H,24,25). The number of carboxylic acid groups (broad SMARTS) is 1. The summed E-state index contributed by atoms with van der Waals surface area (Å²) >= 11 is 0. The van der Waals surface area contributed by atoms with Gasteiger partial charge in [-0.2, -0.15) is 0 Å². The lowest BCUT2D eigenvalue weighted by atomic mass is 9.96. The summed E-state index contributed by atoms with van der Waals surface area (Å²) in [6.07, 6.45) is 15.4. The molecule has 0 unspecified atom stereocenters. The first-order valence-corrected chi connectivity index (χ1v) is 10.3. The fraction of sp³-hybridized carbons (Fsp3) is 0.696. The Balaban J connectivity index is 1.26. The molecule has 0 aromatic heterocycles. The zero-order valence-corrected chi connectivity index (χ0v) is 15.9. The molecule has 0 bridgehead atoms. The van der Waals surface area contributed by atoms with Crippen molar-refractivity contribution in [1.82, 2.24) is 0 Å². The molecule has 1 aromatic rings. The first kappa shape index (κ1) is 18.5. The quantitative estimate of drug-likeness (QED) is 0.461. The van der Waals surface area contributed by atoms with Crippen molar-refractivity contribution in [3.8, 4) is 0 Å². The molecular formula is C23H34O2. The lowest BCUT2D eigenvalue weighted by molar-refractivity contribution is -0.143. The minimum Gasteiger partial charge on any atom is -0.481 e. The molecule has 2 aliphatic rings. The highest BCUT2D eigenvalue weighted by Crippen LogP contribution is 2.50. The minimum atomic E-state index is -0.575. The Morgan fingerprint density at radius 1 is 0.840 bits per heavy atom. The van der Waals surface area contributed by atoms with Crippen LogP contribution >= 0.6 is 0 Å². The molecule has 2 nitrogen and oxygen atoms in total. The number of unbranched alkanes of at least 4 members (excludes halogenated alkanes) is 3. The van der Waals surface area contributed by atoms with Crippen molar-refractivity contribution in [2.75, 3.05) is 0 Å². The van der Waals surface area contributed by atoms with Crippen molar-refractivity contribution in [3.63, 3.8) is 0 Å². The van der Waals surface area contributed by atoms with Gasteiger partial charge in [0.15, 0.2) is 0 Å². The molecule has 2 saturated carbocycles. The van der Waals surface area contributed by atoms with Gasteiger partial charge < -0.3 is 5.11 Å². The third-order valence-electron chi connectivity index (χ3n) is 6.55. The van der Waals surface area contributed by atoms with Crippen molar-refractivity contribution < 1.29 is 9.90 Å². The first-order valence-electron chi connectivity index (χ1n) is 10.3. The number of carbonyl (C=O) groups is 1. The molecule has 3 rings (SSSR count). The predicted molar refractivity (Wildman–Crippen MR) is 103 cm³/mol. The van der Waals surface area contributed by atoms with E-state index in [2.05, 4.69) is 31.2 Å². The highest BCUT2D eigenvalue weighted by molar-refractivity contribution is 5.77. The Hall–Kier alpha value is -1.31. The molecule has 1 N–H and O–H groups in total. The Labute approximate surface area is 153 Å². The van der Waals surface area contributed by atoms with Crippen molar-refractivity contribution in [1.29, 1.82) is 0 Å². The summed E-state index contributed by atoms with van der Waals surface area (Å²) in [5.74, 6) is -0.575. The summed E-state index contributed by atoms with van der Waals surface area (Å²) in [4.78, 5) is 11.1. The number of benzene rings is 1. The largest absolute Gasteiger partial charge is 0.481 e. The monoisotopic (exact) mass is 342 g/mol. The Morgan fingerprint density at radius 3 is 1.84 bits per heavy atom. The molecule has 0 spiro atoms. The van der Waals surface area contributed by atoms with E-state index in [1.165, 1.54) is 56.1 Å². The molecule has 0 heterocycles. The van der Waals surface area contributed by atoms with Crippen LogP contribution in [0.2, 0.25) is 0 Å². The van der Waals surface area contributed by atoms with Crippen LogP contribution < -0.4 is 0 Å². The molecular weight excluding hydrogens is 308 g/mol. The molecule has 25 heavy (non-hydrogen) atoms. The van der Waals surface area contributed by atoms with Crippen molar-refractivity contribution >= 4 is 5.97 Å². The molecule has 1 aromatic carbocycles. The lowest BCUT2D eigenvalue weighted by Gasteiger charge is -2.09. The summed E-state index contributed by atoms with van der Waals surface area (Å²) in [6, 6.07) is 9.18. The van der Waals surface area contributed by atoms with Gasteiger partial charge in [-0.15, -0.1) is 0 Å². The van der Waals surface area contributed by atoms with Gasteiger partial charge in [0.1, 0.15) is 0 Å². The molecule has 0 aliphatic heterocycles. The topological polar surface area (TPSA) is 37.3 Å². The Kier molecular flexibility index (Phi) is 5.86. The third-order valence-corrected chi connectivity index (χ3v) is 6.55.